The summed E-state index contributed by atoms with van der Waals surface area (Å²) in [5, 5.41) is 12.5. The van der Waals surface area contributed by atoms with E-state index in [2.05, 4.69) is 50.9 Å². The Balaban J connectivity index is 0.000000235. The van der Waals surface area contributed by atoms with E-state index < -0.39 is 12.5 Å². The van der Waals surface area contributed by atoms with E-state index in [-0.39, 0.29) is 41.1 Å². The number of methoxy groups -OCH3 is 2. The maximum absolute atomic E-state index is 11.0. The van der Waals surface area contributed by atoms with E-state index in [1.165, 1.54) is 25.2 Å². The first kappa shape index (κ1) is 44.8. The molecule has 4 heterocycles. The quantitative estimate of drug-likeness (QED) is 0.0921. The number of hydrogen-bond acceptors (Lipinski definition) is 19. The maximum atomic E-state index is 11.0. The summed E-state index contributed by atoms with van der Waals surface area (Å²) in [4.78, 5) is 54.2. The number of anilines is 4. The van der Waals surface area contributed by atoms with E-state index in [1.54, 1.807) is 26.4 Å². The van der Waals surface area contributed by atoms with Crippen LogP contribution in [0.4, 0.5) is 36.7 Å². The Morgan fingerprint density at radius 3 is 1.55 bits per heavy atom. The molecule has 2 aromatic carbocycles. The minimum Gasteiger partial charge on any atom is -0.496 e. The third-order valence-corrected chi connectivity index (χ3v) is 7.63. The van der Waals surface area contributed by atoms with Crippen molar-refractivity contribution in [3.05, 3.63) is 60.6 Å². The summed E-state index contributed by atoms with van der Waals surface area (Å²) in [5.41, 5.74) is 14.3. The van der Waals surface area contributed by atoms with Crippen molar-refractivity contribution in [2.45, 2.75) is 45.7 Å². The molecule has 0 aliphatic carbocycles. The number of carbonyl (C=O) groups excluding carboxylic acids is 3. The van der Waals surface area contributed by atoms with Crippen LogP contribution in [0.3, 0.4) is 0 Å². The molecule has 6 aromatic rings. The highest BCUT2D eigenvalue weighted by atomic mass is 19.4. The molecule has 6 N–H and O–H groups in total. The molecule has 0 aliphatic rings. The fourth-order valence-corrected chi connectivity index (χ4v) is 4.94. The highest BCUT2D eigenvalue weighted by Crippen LogP contribution is 2.42. The lowest BCUT2D eigenvalue weighted by molar-refractivity contribution is -0.156. The highest BCUT2D eigenvalue weighted by molar-refractivity contribution is 5.75. The van der Waals surface area contributed by atoms with E-state index in [9.17, 15) is 22.8 Å². The van der Waals surface area contributed by atoms with Gasteiger partial charge in [-0.25, -0.2) is 9.97 Å². The monoisotopic (exact) mass is 838 g/mol. The van der Waals surface area contributed by atoms with Crippen molar-refractivity contribution in [2.75, 3.05) is 36.3 Å². The molecular weight excluding hydrogens is 801 g/mol. The lowest BCUT2D eigenvalue weighted by Crippen LogP contribution is -2.07. The third kappa shape index (κ3) is 11.8. The molecule has 316 valence electrons. The Bertz CT molecular complexity index is 2360. The van der Waals surface area contributed by atoms with E-state index in [1.807, 2.05) is 39.8 Å². The topological polar surface area (TPSA) is 294 Å². The number of nitrogens with one attached hydrogen (secondary N) is 2. The molecule has 21 nitrogen and oxygen atoms in total. The average molecular weight is 839 g/mol. The van der Waals surface area contributed by atoms with Crippen molar-refractivity contribution in [3.63, 3.8) is 0 Å². The number of nitrogens with two attached hydrogens (primary N) is 2. The van der Waals surface area contributed by atoms with Gasteiger partial charge in [0, 0.05) is 11.1 Å². The van der Waals surface area contributed by atoms with E-state index in [0.717, 1.165) is 11.1 Å². The van der Waals surface area contributed by atoms with Crippen LogP contribution in [-0.2, 0) is 14.4 Å². The van der Waals surface area contributed by atoms with Gasteiger partial charge in [0.1, 0.15) is 23.0 Å². The minimum absolute atomic E-state index is 0.0167. The van der Waals surface area contributed by atoms with Gasteiger partial charge in [0.25, 0.3) is 0 Å². The first-order chi connectivity index (χ1) is 28.6. The summed E-state index contributed by atoms with van der Waals surface area (Å²) in [7, 11) is 3.12. The average Bonchev–Trinajstić information content (AvgIpc) is 3.96. The lowest BCUT2D eigenvalue weighted by atomic mass is 9.99. The number of nitrogen functional groups attached to an aromatic ring is 2. The summed E-state index contributed by atoms with van der Waals surface area (Å²) in [5.74, 6) is 3.98. The fourth-order valence-electron chi connectivity index (χ4n) is 4.94. The second kappa shape index (κ2) is 20.5. The zero-order valence-corrected chi connectivity index (χ0v) is 32.5. The molecule has 0 fully saturated rings. The number of aromatic nitrogens is 8. The summed E-state index contributed by atoms with van der Waals surface area (Å²) in [6, 6.07) is 7.18. The SMILES string of the molecule is COc1cc(C(C)C)c(Oc2cnc(N)nc2N)cc1-c1ncon1.COc1cc(C(C)C)c(Oc2cnc(NC=O)nc2NC=O)cc1-c1ncon1.O=CC(F)(F)F. The maximum Gasteiger partial charge on any atom is 0.446 e. The van der Waals surface area contributed by atoms with E-state index in [4.69, 9.17) is 44.3 Å². The number of nitrogens with zero attached hydrogens (tertiary/aromatic N) is 8. The van der Waals surface area contributed by atoms with Crippen molar-refractivity contribution < 1.29 is 55.5 Å². The summed E-state index contributed by atoms with van der Waals surface area (Å²) < 4.78 is 63.8. The van der Waals surface area contributed by atoms with E-state index in [0.29, 0.717) is 64.3 Å². The zero-order chi connectivity index (χ0) is 44.0. The van der Waals surface area contributed by atoms with Gasteiger partial charge in [0.05, 0.1) is 37.7 Å². The zero-order valence-electron chi connectivity index (χ0n) is 32.5. The van der Waals surface area contributed by atoms with Crippen molar-refractivity contribution in [2.24, 2.45) is 0 Å². The van der Waals surface area contributed by atoms with Gasteiger partial charge in [0.15, 0.2) is 23.1 Å². The molecule has 0 saturated heterocycles. The molecule has 0 unspecified atom stereocenters. The second-order valence-electron chi connectivity index (χ2n) is 12.3. The largest absolute Gasteiger partial charge is 0.496 e. The second-order valence-corrected chi connectivity index (χ2v) is 12.3. The van der Waals surface area contributed by atoms with Gasteiger partial charge in [-0.1, -0.05) is 38.0 Å². The smallest absolute Gasteiger partial charge is 0.446 e. The molecule has 0 saturated carbocycles. The summed E-state index contributed by atoms with van der Waals surface area (Å²) in [6.07, 6.45) is 0.405. The molecule has 6 rings (SSSR count). The van der Waals surface area contributed by atoms with Crippen LogP contribution >= 0.6 is 0 Å². The molecule has 2 amide bonds. The van der Waals surface area contributed by atoms with Crippen LogP contribution in [0.5, 0.6) is 34.5 Å². The molecule has 4 aromatic heterocycles. The third-order valence-electron chi connectivity index (χ3n) is 7.63. The number of ether oxygens (including phenoxy) is 4. The number of alkyl halides is 3. The first-order valence-corrected chi connectivity index (χ1v) is 17.1. The van der Waals surface area contributed by atoms with Crippen molar-refractivity contribution >= 4 is 42.6 Å². The van der Waals surface area contributed by atoms with Gasteiger partial charge in [-0.2, -0.15) is 33.1 Å². The molecule has 60 heavy (non-hydrogen) atoms. The van der Waals surface area contributed by atoms with Gasteiger partial charge >= 0.3 is 6.18 Å². The standard InChI is InChI=1S/C18H18N6O5.C16H18N6O3.C2HF3O/c1-10(2)11-4-13(27-3)12(16-22-9-28-24-16)5-14(11)29-15-6-19-18(21-8-26)23-17(15)20-7-25;1-8(2)9-4-11(23-3)10(15-20-7-24-22-15)5-12(9)25-13-6-19-16(18)21-14(13)17;3-2(4,5)1-6/h4-10H,1-3H3,(H2,19,20,21,23,25,26);4-8H,1-3H3,(H4,17,18,19,21);1H. The van der Waals surface area contributed by atoms with Gasteiger partial charge in [0.2, 0.25) is 55.4 Å². The highest BCUT2D eigenvalue weighted by Gasteiger charge is 2.25. The number of amides is 2. The molecule has 24 heteroatoms. The van der Waals surface area contributed by atoms with Crippen LogP contribution in [0.25, 0.3) is 22.8 Å². The molecule has 0 atom stereocenters. The van der Waals surface area contributed by atoms with Crippen LogP contribution in [0, 0.1) is 0 Å². The predicted molar refractivity (Wildman–Crippen MR) is 205 cm³/mol. The van der Waals surface area contributed by atoms with Gasteiger partial charge in [-0.3, -0.25) is 19.7 Å². The van der Waals surface area contributed by atoms with Crippen LogP contribution in [0.1, 0.15) is 50.7 Å². The van der Waals surface area contributed by atoms with Crippen molar-refractivity contribution in [1.29, 1.82) is 0 Å². The lowest BCUT2D eigenvalue weighted by Gasteiger charge is -2.18. The number of hydrogen-bond donors (Lipinski definition) is 4. The Morgan fingerprint density at radius 1 is 0.667 bits per heavy atom. The molecular formula is C36H37F3N12O9. The number of halogens is 3. The molecule has 0 spiro atoms. The molecule has 0 bridgehead atoms. The van der Waals surface area contributed by atoms with Crippen LogP contribution in [0.15, 0.2) is 58.5 Å². The van der Waals surface area contributed by atoms with Crippen molar-refractivity contribution in [3.8, 4) is 57.3 Å². The van der Waals surface area contributed by atoms with Gasteiger partial charge in [-0.05, 0) is 36.1 Å². The van der Waals surface area contributed by atoms with Crippen molar-refractivity contribution in [1.82, 2.24) is 40.2 Å². The number of aldehydes is 1. The minimum atomic E-state index is -4.64. The van der Waals surface area contributed by atoms with E-state index >= 15 is 0 Å². The molecule has 0 radical (unpaired) electrons. The number of benzene rings is 2. The Labute approximate surface area is 338 Å². The summed E-state index contributed by atoms with van der Waals surface area (Å²) >= 11 is 0. The normalized spacial score (nSPS) is 10.7. The van der Waals surface area contributed by atoms with Gasteiger partial charge in [-0.15, -0.1) is 0 Å². The Morgan fingerprint density at radius 2 is 1.15 bits per heavy atom. The Hall–Kier alpha value is -7.92. The first-order valence-electron chi connectivity index (χ1n) is 17.1. The van der Waals surface area contributed by atoms with Crippen LogP contribution < -0.4 is 41.0 Å². The van der Waals surface area contributed by atoms with Crippen LogP contribution in [0.2, 0.25) is 0 Å². The summed E-state index contributed by atoms with van der Waals surface area (Å²) in [6.45, 7) is 8.07. The Kier molecular flexibility index (Phi) is 15.3. The molecule has 0 aliphatic heterocycles. The van der Waals surface area contributed by atoms with Crippen LogP contribution in [-0.4, -0.2) is 79.7 Å². The predicted octanol–water partition coefficient (Wildman–Crippen LogP) is 5.95. The van der Waals surface area contributed by atoms with Gasteiger partial charge < -0.3 is 44.8 Å². The number of rotatable bonds is 14. The fraction of sp³-hybridized carbons (Fsp3) is 0.250. The number of carbonyl (C=O) groups is 3.